The van der Waals surface area contributed by atoms with Crippen LogP contribution in [0.3, 0.4) is 0 Å². The van der Waals surface area contributed by atoms with Gasteiger partial charge in [0.2, 0.25) is 0 Å². The van der Waals surface area contributed by atoms with E-state index in [1.807, 2.05) is 44.2 Å². The van der Waals surface area contributed by atoms with Crippen molar-refractivity contribution in [2.75, 3.05) is 0 Å². The van der Waals surface area contributed by atoms with Crippen LogP contribution in [0.5, 0.6) is 5.75 Å². The van der Waals surface area contributed by atoms with Gasteiger partial charge in [0.25, 0.3) is 0 Å². The number of hydrogen-bond acceptors (Lipinski definition) is 3. The molecule has 0 spiro atoms. The van der Waals surface area contributed by atoms with Gasteiger partial charge in [-0.3, -0.25) is 0 Å². The molecule has 17 heavy (non-hydrogen) atoms. The number of hydrogen-bond donors (Lipinski definition) is 1. The van der Waals surface area contributed by atoms with E-state index in [0.717, 1.165) is 11.6 Å². The first-order valence-corrected chi connectivity index (χ1v) is 5.40. The Kier molecular flexibility index (Phi) is 2.76. The summed E-state index contributed by atoms with van der Waals surface area (Å²) in [6.07, 6.45) is 0. The van der Waals surface area contributed by atoms with E-state index in [1.165, 1.54) is 6.07 Å². The van der Waals surface area contributed by atoms with Crippen LogP contribution in [0, 0.1) is 0 Å². The highest BCUT2D eigenvalue weighted by Gasteiger charge is 2.26. The van der Waals surface area contributed by atoms with E-state index in [4.69, 9.17) is 4.42 Å². The summed E-state index contributed by atoms with van der Waals surface area (Å²) in [5, 5.41) is 9.44. The maximum atomic E-state index is 11.3. The summed E-state index contributed by atoms with van der Waals surface area (Å²) in [6, 6.07) is 12.3. The smallest absolute Gasteiger partial charge is 0.339 e. The SMILES string of the molecule is CC(C)(c1ccccc1)c1cc(O)cc(=O)o1. The summed E-state index contributed by atoms with van der Waals surface area (Å²) in [5.41, 5.74) is 0.0249. The molecular weight excluding hydrogens is 216 g/mol. The predicted octanol–water partition coefficient (Wildman–Crippen LogP) is 2.67. The molecule has 1 N–H and O–H groups in total. The zero-order chi connectivity index (χ0) is 12.5. The Morgan fingerprint density at radius 1 is 1.12 bits per heavy atom. The molecule has 88 valence electrons. The van der Waals surface area contributed by atoms with E-state index < -0.39 is 11.0 Å². The monoisotopic (exact) mass is 230 g/mol. The molecule has 1 aromatic carbocycles. The van der Waals surface area contributed by atoms with Crippen LogP contribution < -0.4 is 5.63 Å². The molecule has 0 aliphatic rings. The van der Waals surface area contributed by atoms with Crippen molar-refractivity contribution in [3.8, 4) is 5.75 Å². The lowest BCUT2D eigenvalue weighted by Gasteiger charge is -2.23. The van der Waals surface area contributed by atoms with E-state index in [2.05, 4.69) is 0 Å². The third kappa shape index (κ3) is 2.23. The highest BCUT2D eigenvalue weighted by molar-refractivity contribution is 5.34. The van der Waals surface area contributed by atoms with Crippen LogP contribution in [0.4, 0.5) is 0 Å². The fourth-order valence-electron chi connectivity index (χ4n) is 1.77. The lowest BCUT2D eigenvalue weighted by molar-refractivity contribution is 0.377. The van der Waals surface area contributed by atoms with Gasteiger partial charge in [-0.05, 0) is 19.4 Å². The predicted molar refractivity (Wildman–Crippen MR) is 65.2 cm³/mol. The van der Waals surface area contributed by atoms with Crippen molar-refractivity contribution in [3.05, 3.63) is 64.2 Å². The first kappa shape index (κ1) is 11.5. The van der Waals surface area contributed by atoms with Crippen LogP contribution in [0.1, 0.15) is 25.2 Å². The topological polar surface area (TPSA) is 50.4 Å². The van der Waals surface area contributed by atoms with Crippen molar-refractivity contribution < 1.29 is 9.52 Å². The fourth-order valence-corrected chi connectivity index (χ4v) is 1.77. The van der Waals surface area contributed by atoms with Crippen molar-refractivity contribution >= 4 is 0 Å². The van der Waals surface area contributed by atoms with E-state index in [9.17, 15) is 9.90 Å². The Morgan fingerprint density at radius 3 is 2.35 bits per heavy atom. The van der Waals surface area contributed by atoms with Crippen molar-refractivity contribution in [1.29, 1.82) is 0 Å². The summed E-state index contributed by atoms with van der Waals surface area (Å²) in [7, 11) is 0. The summed E-state index contributed by atoms with van der Waals surface area (Å²) in [4.78, 5) is 11.3. The van der Waals surface area contributed by atoms with Gasteiger partial charge in [-0.1, -0.05) is 30.3 Å². The van der Waals surface area contributed by atoms with Crippen LogP contribution in [-0.4, -0.2) is 5.11 Å². The van der Waals surface area contributed by atoms with Crippen molar-refractivity contribution in [2.24, 2.45) is 0 Å². The van der Waals surface area contributed by atoms with Crippen molar-refractivity contribution in [1.82, 2.24) is 0 Å². The highest BCUT2D eigenvalue weighted by Crippen LogP contribution is 2.31. The number of aromatic hydroxyl groups is 1. The number of rotatable bonds is 2. The Hall–Kier alpha value is -2.03. The fraction of sp³-hybridized carbons (Fsp3) is 0.214. The molecule has 0 saturated carbocycles. The molecule has 0 radical (unpaired) electrons. The molecule has 0 bridgehead atoms. The van der Waals surface area contributed by atoms with Gasteiger partial charge in [-0.2, -0.15) is 0 Å². The van der Waals surface area contributed by atoms with E-state index in [0.29, 0.717) is 5.76 Å². The van der Waals surface area contributed by atoms with Gasteiger partial charge in [0, 0.05) is 11.5 Å². The molecule has 2 aromatic rings. The van der Waals surface area contributed by atoms with Crippen LogP contribution in [0.2, 0.25) is 0 Å². The molecule has 0 unspecified atom stereocenters. The second kappa shape index (κ2) is 4.09. The van der Waals surface area contributed by atoms with Gasteiger partial charge in [0.15, 0.2) is 0 Å². The first-order chi connectivity index (χ1) is 8.00. The molecule has 0 aliphatic heterocycles. The Balaban J connectivity index is 2.55. The molecule has 3 heteroatoms. The average Bonchev–Trinajstić information content (AvgIpc) is 2.29. The summed E-state index contributed by atoms with van der Waals surface area (Å²) in [5.74, 6) is 0.383. The Morgan fingerprint density at radius 2 is 1.76 bits per heavy atom. The van der Waals surface area contributed by atoms with Crippen molar-refractivity contribution in [2.45, 2.75) is 19.3 Å². The molecule has 1 heterocycles. The molecule has 0 aliphatic carbocycles. The van der Waals surface area contributed by atoms with Gasteiger partial charge in [0.05, 0.1) is 6.07 Å². The molecule has 3 nitrogen and oxygen atoms in total. The minimum Gasteiger partial charge on any atom is -0.508 e. The Labute approximate surface area is 99.3 Å². The van der Waals surface area contributed by atoms with Gasteiger partial charge in [-0.25, -0.2) is 4.79 Å². The first-order valence-electron chi connectivity index (χ1n) is 5.40. The lowest BCUT2D eigenvalue weighted by Crippen LogP contribution is -2.20. The second-order valence-electron chi connectivity index (χ2n) is 4.49. The van der Waals surface area contributed by atoms with Crippen LogP contribution >= 0.6 is 0 Å². The highest BCUT2D eigenvalue weighted by atomic mass is 16.4. The molecular formula is C14H14O3. The maximum absolute atomic E-state index is 11.3. The largest absolute Gasteiger partial charge is 0.508 e. The summed E-state index contributed by atoms with van der Waals surface area (Å²) in [6.45, 7) is 3.89. The van der Waals surface area contributed by atoms with Crippen molar-refractivity contribution in [3.63, 3.8) is 0 Å². The lowest BCUT2D eigenvalue weighted by atomic mass is 9.82. The Bertz CT molecular complexity index is 568. The number of benzene rings is 1. The zero-order valence-electron chi connectivity index (χ0n) is 9.81. The van der Waals surface area contributed by atoms with E-state index in [1.54, 1.807) is 0 Å². The second-order valence-corrected chi connectivity index (χ2v) is 4.49. The van der Waals surface area contributed by atoms with Gasteiger partial charge in [0.1, 0.15) is 11.5 Å². The van der Waals surface area contributed by atoms with Gasteiger partial charge < -0.3 is 9.52 Å². The van der Waals surface area contributed by atoms with Crippen LogP contribution in [0.25, 0.3) is 0 Å². The molecule has 0 atom stereocenters. The quantitative estimate of drug-likeness (QED) is 0.862. The molecule has 2 rings (SSSR count). The molecule has 0 amide bonds. The third-order valence-electron chi connectivity index (χ3n) is 2.87. The van der Waals surface area contributed by atoms with Gasteiger partial charge >= 0.3 is 5.63 Å². The minimum atomic E-state index is -0.538. The average molecular weight is 230 g/mol. The normalized spacial score (nSPS) is 11.4. The summed E-state index contributed by atoms with van der Waals surface area (Å²) < 4.78 is 5.16. The van der Waals surface area contributed by atoms with E-state index >= 15 is 0 Å². The minimum absolute atomic E-state index is 0.0692. The van der Waals surface area contributed by atoms with Crippen LogP contribution in [-0.2, 0) is 5.41 Å². The maximum Gasteiger partial charge on any atom is 0.339 e. The van der Waals surface area contributed by atoms with Gasteiger partial charge in [-0.15, -0.1) is 0 Å². The third-order valence-corrected chi connectivity index (χ3v) is 2.87. The zero-order valence-corrected chi connectivity index (χ0v) is 9.81. The standard InChI is InChI=1S/C14H14O3/c1-14(2,10-6-4-3-5-7-10)12-8-11(15)9-13(16)17-12/h3-9,15H,1-2H3. The summed E-state index contributed by atoms with van der Waals surface area (Å²) >= 11 is 0. The molecule has 0 saturated heterocycles. The van der Waals surface area contributed by atoms with Crippen LogP contribution in [0.15, 0.2) is 51.7 Å². The van der Waals surface area contributed by atoms with E-state index in [-0.39, 0.29) is 5.75 Å². The molecule has 0 fully saturated rings. The molecule has 1 aromatic heterocycles.